The molecule has 2 rings (SSSR count). The molecular weight excluding hydrogens is 250 g/mol. The zero-order valence-corrected chi connectivity index (χ0v) is 11.7. The number of nitrogens with zero attached hydrogens (tertiary/aromatic N) is 4. The third-order valence-electron chi connectivity index (χ3n) is 2.98. The number of unbranched alkanes of at least 4 members (excludes halogenated alkanes) is 1. The van der Waals surface area contributed by atoms with Crippen molar-refractivity contribution < 1.29 is 0 Å². The van der Waals surface area contributed by atoms with Gasteiger partial charge in [-0.25, -0.2) is 0 Å². The molecule has 0 saturated heterocycles. The lowest BCUT2D eigenvalue weighted by Crippen LogP contribution is -2.19. The Morgan fingerprint density at radius 2 is 2.28 bits per heavy atom. The Morgan fingerprint density at radius 3 is 3.00 bits per heavy atom. The molecule has 2 heterocycles. The standard InChI is InChI=1S/C12H18ClN5/c1-4-5-6-8(2)16-11-9(3)10(13)17-12-14-7-15-18(11)12/h7-8,16H,4-6H2,1-3H3. The highest BCUT2D eigenvalue weighted by Gasteiger charge is 2.13. The van der Waals surface area contributed by atoms with Crippen molar-refractivity contribution in [1.29, 1.82) is 0 Å². The monoisotopic (exact) mass is 267 g/mol. The smallest absolute Gasteiger partial charge is 0.255 e. The molecule has 2 aromatic heterocycles. The van der Waals surface area contributed by atoms with Gasteiger partial charge in [-0.3, -0.25) is 0 Å². The Morgan fingerprint density at radius 1 is 1.50 bits per heavy atom. The number of anilines is 1. The summed E-state index contributed by atoms with van der Waals surface area (Å²) in [5, 5.41) is 8.10. The maximum Gasteiger partial charge on any atom is 0.255 e. The molecule has 0 radical (unpaired) electrons. The van der Waals surface area contributed by atoms with Crippen molar-refractivity contribution in [3.05, 3.63) is 17.0 Å². The second-order valence-corrected chi connectivity index (χ2v) is 4.89. The number of hydrogen-bond acceptors (Lipinski definition) is 4. The van der Waals surface area contributed by atoms with Crippen LogP contribution >= 0.6 is 11.6 Å². The van der Waals surface area contributed by atoms with Gasteiger partial charge in [-0.2, -0.15) is 19.6 Å². The fourth-order valence-corrected chi connectivity index (χ4v) is 2.05. The van der Waals surface area contributed by atoms with E-state index in [-0.39, 0.29) is 0 Å². The van der Waals surface area contributed by atoms with E-state index in [1.54, 1.807) is 4.52 Å². The number of halogens is 1. The SMILES string of the molecule is CCCCC(C)Nc1c(C)c(Cl)nc2ncnn12. The maximum atomic E-state index is 6.11. The summed E-state index contributed by atoms with van der Waals surface area (Å²) in [5.74, 6) is 1.40. The molecule has 6 heteroatoms. The maximum absolute atomic E-state index is 6.11. The van der Waals surface area contributed by atoms with Crippen molar-refractivity contribution in [2.24, 2.45) is 0 Å². The summed E-state index contributed by atoms with van der Waals surface area (Å²) in [7, 11) is 0. The van der Waals surface area contributed by atoms with Crippen molar-refractivity contribution >= 4 is 23.2 Å². The molecule has 1 N–H and O–H groups in total. The number of aromatic nitrogens is 4. The second-order valence-electron chi connectivity index (χ2n) is 4.54. The lowest BCUT2D eigenvalue weighted by molar-refractivity contribution is 0.639. The Bertz CT molecular complexity index is 536. The second kappa shape index (κ2) is 5.52. The Labute approximate surface area is 112 Å². The lowest BCUT2D eigenvalue weighted by atomic mass is 10.1. The van der Waals surface area contributed by atoms with Crippen molar-refractivity contribution in [2.45, 2.75) is 46.1 Å². The summed E-state index contributed by atoms with van der Waals surface area (Å²) in [6.45, 7) is 6.29. The van der Waals surface area contributed by atoms with E-state index in [2.05, 4.69) is 34.2 Å². The van der Waals surface area contributed by atoms with Crippen molar-refractivity contribution in [2.75, 3.05) is 5.32 Å². The summed E-state index contributed by atoms with van der Waals surface area (Å²) in [6, 6.07) is 0.370. The molecule has 18 heavy (non-hydrogen) atoms. The van der Waals surface area contributed by atoms with Crippen LogP contribution in [0.5, 0.6) is 0 Å². The lowest BCUT2D eigenvalue weighted by Gasteiger charge is -2.17. The van der Waals surface area contributed by atoms with E-state index in [1.165, 1.54) is 19.2 Å². The molecule has 0 spiro atoms. The largest absolute Gasteiger partial charge is 0.367 e. The summed E-state index contributed by atoms with van der Waals surface area (Å²) in [4.78, 5) is 8.25. The molecule has 2 aromatic rings. The fraction of sp³-hybridized carbons (Fsp3) is 0.583. The highest BCUT2D eigenvalue weighted by Crippen LogP contribution is 2.23. The van der Waals surface area contributed by atoms with Crippen LogP contribution in [0.1, 0.15) is 38.7 Å². The van der Waals surface area contributed by atoms with Gasteiger partial charge in [-0.05, 0) is 20.3 Å². The molecule has 0 saturated carbocycles. The van der Waals surface area contributed by atoms with Gasteiger partial charge in [-0.1, -0.05) is 31.4 Å². The Balaban J connectivity index is 2.31. The summed E-state index contributed by atoms with van der Waals surface area (Å²) in [6.07, 6.45) is 5.00. The van der Waals surface area contributed by atoms with Gasteiger partial charge in [0.05, 0.1) is 0 Å². The zero-order valence-electron chi connectivity index (χ0n) is 10.9. The molecule has 0 fully saturated rings. The predicted octanol–water partition coefficient (Wildman–Crippen LogP) is 3.08. The minimum Gasteiger partial charge on any atom is -0.367 e. The van der Waals surface area contributed by atoms with Crippen LogP contribution in [0.2, 0.25) is 5.15 Å². The van der Waals surface area contributed by atoms with Crippen LogP contribution in [0.3, 0.4) is 0 Å². The molecule has 0 aliphatic heterocycles. The molecular formula is C12H18ClN5. The van der Waals surface area contributed by atoms with Gasteiger partial charge >= 0.3 is 0 Å². The molecule has 0 aliphatic rings. The molecule has 0 aromatic carbocycles. The van der Waals surface area contributed by atoms with E-state index in [4.69, 9.17) is 11.6 Å². The van der Waals surface area contributed by atoms with E-state index >= 15 is 0 Å². The van der Waals surface area contributed by atoms with Gasteiger partial charge in [0.1, 0.15) is 17.3 Å². The molecule has 0 bridgehead atoms. The first-order chi connectivity index (χ1) is 8.63. The minimum atomic E-state index is 0.370. The Hall–Kier alpha value is -1.36. The average Bonchev–Trinajstić information content (AvgIpc) is 2.80. The number of fused-ring (bicyclic) bond motifs is 1. The minimum absolute atomic E-state index is 0.370. The van der Waals surface area contributed by atoms with Gasteiger partial charge in [-0.15, -0.1) is 0 Å². The summed E-state index contributed by atoms with van der Waals surface area (Å²) in [5.41, 5.74) is 0.901. The van der Waals surface area contributed by atoms with Crippen LogP contribution in [-0.2, 0) is 0 Å². The van der Waals surface area contributed by atoms with Crippen LogP contribution in [0, 0.1) is 6.92 Å². The summed E-state index contributed by atoms with van der Waals surface area (Å²) >= 11 is 6.11. The third kappa shape index (κ3) is 2.56. The van der Waals surface area contributed by atoms with E-state index in [1.807, 2.05) is 6.92 Å². The Kier molecular flexibility index (Phi) is 4.01. The first-order valence-electron chi connectivity index (χ1n) is 6.25. The first kappa shape index (κ1) is 13.1. The average molecular weight is 268 g/mol. The molecule has 98 valence electrons. The van der Waals surface area contributed by atoms with Crippen molar-refractivity contribution in [1.82, 2.24) is 19.6 Å². The molecule has 1 unspecified atom stereocenters. The summed E-state index contributed by atoms with van der Waals surface area (Å²) < 4.78 is 1.70. The topological polar surface area (TPSA) is 55.1 Å². The van der Waals surface area contributed by atoms with Crippen LogP contribution in [-0.4, -0.2) is 25.6 Å². The van der Waals surface area contributed by atoms with Gasteiger partial charge < -0.3 is 5.32 Å². The van der Waals surface area contributed by atoms with Crippen molar-refractivity contribution in [3.63, 3.8) is 0 Å². The normalized spacial score (nSPS) is 12.9. The van der Waals surface area contributed by atoms with E-state index < -0.39 is 0 Å². The number of rotatable bonds is 5. The van der Waals surface area contributed by atoms with E-state index in [9.17, 15) is 0 Å². The van der Waals surface area contributed by atoms with Crippen LogP contribution in [0.25, 0.3) is 5.78 Å². The third-order valence-corrected chi connectivity index (χ3v) is 3.35. The fourth-order valence-electron chi connectivity index (χ4n) is 1.88. The number of nitrogens with one attached hydrogen (secondary N) is 1. The van der Waals surface area contributed by atoms with Crippen molar-refractivity contribution in [3.8, 4) is 0 Å². The first-order valence-corrected chi connectivity index (χ1v) is 6.63. The van der Waals surface area contributed by atoms with Gasteiger partial charge in [0.15, 0.2) is 0 Å². The molecule has 5 nitrogen and oxygen atoms in total. The predicted molar refractivity (Wildman–Crippen MR) is 73.1 cm³/mol. The van der Waals surface area contributed by atoms with Gasteiger partial charge in [0.25, 0.3) is 5.78 Å². The van der Waals surface area contributed by atoms with E-state index in [0.717, 1.165) is 17.8 Å². The van der Waals surface area contributed by atoms with Crippen LogP contribution in [0.4, 0.5) is 5.82 Å². The quantitative estimate of drug-likeness (QED) is 0.846. The molecule has 1 atom stereocenters. The highest BCUT2D eigenvalue weighted by atomic mass is 35.5. The number of hydrogen-bond donors (Lipinski definition) is 1. The molecule has 0 amide bonds. The highest BCUT2D eigenvalue weighted by molar-refractivity contribution is 6.30. The van der Waals surface area contributed by atoms with Gasteiger partial charge in [0, 0.05) is 11.6 Å². The van der Waals surface area contributed by atoms with Crippen LogP contribution < -0.4 is 5.32 Å². The molecule has 0 aliphatic carbocycles. The van der Waals surface area contributed by atoms with E-state index in [0.29, 0.717) is 17.0 Å². The zero-order chi connectivity index (χ0) is 13.1. The van der Waals surface area contributed by atoms with Gasteiger partial charge in [0.2, 0.25) is 0 Å². The van der Waals surface area contributed by atoms with Crippen LogP contribution in [0.15, 0.2) is 6.33 Å².